The zero-order valence-corrected chi connectivity index (χ0v) is 18.1. The second-order valence-corrected chi connectivity index (χ2v) is 8.51. The molecule has 9 nitrogen and oxygen atoms in total. The molecule has 10 heteroatoms. The SMILES string of the molecule is CCCCCCCCCCCCCCOC(=O)/C(C#N)=C\NS(=O)(=O)CN=[N+]=[N-]. The van der Waals surface area contributed by atoms with Gasteiger partial charge in [-0.25, -0.2) is 13.2 Å². The van der Waals surface area contributed by atoms with E-state index in [2.05, 4.69) is 16.9 Å². The lowest BCUT2D eigenvalue weighted by atomic mass is 10.1. The molecule has 0 aromatic carbocycles. The van der Waals surface area contributed by atoms with E-state index in [9.17, 15) is 13.2 Å². The maximum absolute atomic E-state index is 11.8. The smallest absolute Gasteiger partial charge is 0.350 e. The number of hydrogen-bond acceptors (Lipinski definition) is 6. The van der Waals surface area contributed by atoms with Gasteiger partial charge >= 0.3 is 5.97 Å². The molecule has 0 aliphatic rings. The van der Waals surface area contributed by atoms with Crippen molar-refractivity contribution in [3.8, 4) is 6.07 Å². The predicted molar refractivity (Wildman–Crippen MR) is 112 cm³/mol. The summed E-state index contributed by atoms with van der Waals surface area (Å²) in [7, 11) is -3.94. The molecule has 0 fully saturated rings. The third kappa shape index (κ3) is 16.4. The van der Waals surface area contributed by atoms with Crippen LogP contribution < -0.4 is 4.72 Å². The van der Waals surface area contributed by atoms with Crippen LogP contribution in [0.3, 0.4) is 0 Å². The Morgan fingerprint density at radius 1 is 1.07 bits per heavy atom. The molecule has 0 rings (SSSR count). The van der Waals surface area contributed by atoms with Crippen molar-refractivity contribution in [2.45, 2.75) is 84.0 Å². The standard InChI is InChI=1S/C19H33N5O4S/c1-2-3-4-5-6-7-8-9-10-11-12-13-14-28-19(25)18(15-20)16-23-29(26,27)17-22-24-21/h16,23H,2-14,17H2,1H3/b18-16-. The first-order chi connectivity index (χ1) is 14.0. The number of ether oxygens (including phenoxy) is 1. The Kier molecular flexibility index (Phi) is 16.5. The van der Waals surface area contributed by atoms with Gasteiger partial charge in [-0.15, -0.1) is 0 Å². The number of sulfonamides is 1. The number of unbranched alkanes of at least 4 members (excludes halogenated alkanes) is 11. The van der Waals surface area contributed by atoms with Gasteiger partial charge in [-0.1, -0.05) is 82.7 Å². The molecule has 0 aliphatic carbocycles. The molecule has 0 amide bonds. The highest BCUT2D eigenvalue weighted by Crippen LogP contribution is 2.12. The summed E-state index contributed by atoms with van der Waals surface area (Å²) in [6, 6.07) is 1.58. The Hall–Kier alpha value is -2.24. The van der Waals surface area contributed by atoms with Gasteiger partial charge in [0.2, 0.25) is 10.0 Å². The van der Waals surface area contributed by atoms with Crippen LogP contribution in [0.4, 0.5) is 0 Å². The van der Waals surface area contributed by atoms with Crippen LogP contribution in [-0.4, -0.2) is 26.9 Å². The van der Waals surface area contributed by atoms with Gasteiger partial charge in [-0.05, 0) is 12.0 Å². The number of hydrogen-bond donors (Lipinski definition) is 1. The first kappa shape index (κ1) is 26.8. The van der Waals surface area contributed by atoms with E-state index in [0.29, 0.717) is 6.42 Å². The molecule has 0 saturated heterocycles. The minimum Gasteiger partial charge on any atom is -0.462 e. The number of nitrogens with one attached hydrogen (secondary N) is 1. The largest absolute Gasteiger partial charge is 0.462 e. The van der Waals surface area contributed by atoms with Gasteiger partial charge in [0, 0.05) is 11.1 Å². The van der Waals surface area contributed by atoms with Crippen LogP contribution in [-0.2, 0) is 19.6 Å². The minimum atomic E-state index is -3.94. The Bertz CT molecular complexity index is 679. The van der Waals surface area contributed by atoms with Crippen LogP contribution in [0.1, 0.15) is 84.0 Å². The Balaban J connectivity index is 3.82. The van der Waals surface area contributed by atoms with Gasteiger partial charge in [0.05, 0.1) is 6.61 Å². The van der Waals surface area contributed by atoms with Gasteiger partial charge in [0.1, 0.15) is 11.9 Å². The van der Waals surface area contributed by atoms with Gasteiger partial charge in [0.15, 0.2) is 5.57 Å². The normalized spacial score (nSPS) is 11.4. The van der Waals surface area contributed by atoms with E-state index < -0.39 is 27.4 Å². The summed E-state index contributed by atoms with van der Waals surface area (Å²) in [5, 5.41) is 11.8. The average Bonchev–Trinajstić information content (AvgIpc) is 2.70. The van der Waals surface area contributed by atoms with Crippen LogP contribution in [0.5, 0.6) is 0 Å². The average molecular weight is 428 g/mol. The molecule has 0 heterocycles. The molecule has 29 heavy (non-hydrogen) atoms. The minimum absolute atomic E-state index is 0.181. The zero-order chi connectivity index (χ0) is 21.8. The third-order valence-electron chi connectivity index (χ3n) is 4.25. The molecule has 0 spiro atoms. The first-order valence-electron chi connectivity index (χ1n) is 10.2. The van der Waals surface area contributed by atoms with Gasteiger partial charge in [-0.3, -0.25) is 4.72 Å². The van der Waals surface area contributed by atoms with Crippen molar-refractivity contribution in [1.29, 1.82) is 5.26 Å². The number of nitrogens with zero attached hydrogens (tertiary/aromatic N) is 4. The number of carbonyl (C=O) groups is 1. The topological polar surface area (TPSA) is 145 Å². The van der Waals surface area contributed by atoms with Crippen molar-refractivity contribution in [3.05, 3.63) is 22.2 Å². The Morgan fingerprint density at radius 3 is 2.07 bits per heavy atom. The van der Waals surface area contributed by atoms with Crippen molar-refractivity contribution in [2.75, 3.05) is 12.5 Å². The van der Waals surface area contributed by atoms with Crippen LogP contribution in [0.25, 0.3) is 10.4 Å². The molecule has 1 N–H and O–H groups in total. The number of azide groups is 1. The van der Waals surface area contributed by atoms with Crippen molar-refractivity contribution < 1.29 is 17.9 Å². The Labute approximate surface area is 174 Å². The van der Waals surface area contributed by atoms with Gasteiger partial charge < -0.3 is 4.74 Å². The highest BCUT2D eigenvalue weighted by molar-refractivity contribution is 7.89. The summed E-state index contributed by atoms with van der Waals surface area (Å²) >= 11 is 0. The molecule has 164 valence electrons. The summed E-state index contributed by atoms with van der Waals surface area (Å²) in [5.41, 5.74) is 7.65. The van der Waals surface area contributed by atoms with Crippen molar-refractivity contribution in [1.82, 2.24) is 4.72 Å². The predicted octanol–water partition coefficient (Wildman–Crippen LogP) is 4.83. The van der Waals surface area contributed by atoms with Crippen molar-refractivity contribution in [2.24, 2.45) is 5.11 Å². The number of esters is 1. The molecular formula is C19H33N5O4S. The molecule has 0 aromatic rings. The van der Waals surface area contributed by atoms with E-state index in [0.717, 1.165) is 19.0 Å². The maximum Gasteiger partial charge on any atom is 0.350 e. The molecule has 0 unspecified atom stereocenters. The fourth-order valence-corrected chi connectivity index (χ4v) is 3.19. The van der Waals surface area contributed by atoms with E-state index >= 15 is 0 Å². The molecule has 0 aromatic heterocycles. The van der Waals surface area contributed by atoms with Crippen LogP contribution >= 0.6 is 0 Å². The molecule has 0 atom stereocenters. The van der Waals surface area contributed by atoms with Crippen LogP contribution in [0, 0.1) is 11.3 Å². The molecule has 0 saturated carbocycles. The molecular weight excluding hydrogens is 394 g/mol. The van der Waals surface area contributed by atoms with E-state index in [1.54, 1.807) is 6.07 Å². The summed E-state index contributed by atoms with van der Waals surface area (Å²) in [6.45, 7) is 2.40. The summed E-state index contributed by atoms with van der Waals surface area (Å²) in [4.78, 5) is 14.1. The highest BCUT2D eigenvalue weighted by atomic mass is 32.2. The lowest BCUT2D eigenvalue weighted by Crippen LogP contribution is -2.22. The van der Waals surface area contributed by atoms with Crippen molar-refractivity contribution in [3.63, 3.8) is 0 Å². The van der Waals surface area contributed by atoms with Gasteiger partial charge in [0.25, 0.3) is 0 Å². The van der Waals surface area contributed by atoms with Crippen LogP contribution in [0.2, 0.25) is 0 Å². The second kappa shape index (κ2) is 17.8. The second-order valence-electron chi connectivity index (χ2n) is 6.79. The van der Waals surface area contributed by atoms with E-state index in [1.165, 1.54) is 57.8 Å². The fourth-order valence-electron chi connectivity index (χ4n) is 2.61. The van der Waals surface area contributed by atoms with Crippen molar-refractivity contribution >= 4 is 16.0 Å². The molecule has 0 radical (unpaired) electrons. The fraction of sp³-hybridized carbons (Fsp3) is 0.789. The highest BCUT2D eigenvalue weighted by Gasteiger charge is 2.13. The first-order valence-corrected chi connectivity index (χ1v) is 11.9. The number of nitriles is 1. The third-order valence-corrected chi connectivity index (χ3v) is 5.18. The summed E-state index contributed by atoms with van der Waals surface area (Å²) in [6.07, 6.45) is 15.1. The van der Waals surface area contributed by atoms with E-state index in [1.807, 2.05) is 4.72 Å². The monoisotopic (exact) mass is 427 g/mol. The maximum atomic E-state index is 11.8. The molecule has 0 bridgehead atoms. The molecule has 0 aliphatic heterocycles. The number of rotatable bonds is 18. The summed E-state index contributed by atoms with van der Waals surface area (Å²) < 4.78 is 29.8. The zero-order valence-electron chi connectivity index (χ0n) is 17.3. The van der Waals surface area contributed by atoms with Gasteiger partial charge in [-0.2, -0.15) is 5.26 Å². The lowest BCUT2D eigenvalue weighted by molar-refractivity contribution is -0.138. The lowest BCUT2D eigenvalue weighted by Gasteiger charge is -2.05. The van der Waals surface area contributed by atoms with E-state index in [4.69, 9.17) is 15.5 Å². The number of carbonyl (C=O) groups excluding carboxylic acids is 1. The van der Waals surface area contributed by atoms with E-state index in [-0.39, 0.29) is 6.61 Å². The summed E-state index contributed by atoms with van der Waals surface area (Å²) in [5.74, 6) is -1.71. The van der Waals surface area contributed by atoms with Crippen LogP contribution in [0.15, 0.2) is 16.9 Å². The Morgan fingerprint density at radius 2 is 1.59 bits per heavy atom. The quantitative estimate of drug-likeness (QED) is 0.0633.